The molecule has 0 atom stereocenters. The number of unbranched alkanes of at least 4 members (excludes halogenated alkanes) is 3. The van der Waals surface area contributed by atoms with Crippen molar-refractivity contribution in [2.75, 3.05) is 27.1 Å². The Morgan fingerprint density at radius 3 is 2.15 bits per heavy atom. The first-order chi connectivity index (χ1) is 9.85. The molecule has 0 saturated heterocycles. The van der Waals surface area contributed by atoms with Gasteiger partial charge in [0.2, 0.25) is 0 Å². The fourth-order valence-corrected chi connectivity index (χ4v) is 1.58. The lowest BCUT2D eigenvalue weighted by atomic mass is 10.2. The molecule has 0 aliphatic rings. The smallest absolute Gasteiger partial charge is 0.187 e. The van der Waals surface area contributed by atoms with Crippen LogP contribution in [0.15, 0.2) is 12.3 Å². The van der Waals surface area contributed by atoms with E-state index in [1.807, 2.05) is 6.08 Å². The van der Waals surface area contributed by atoms with Gasteiger partial charge in [-0.2, -0.15) is 0 Å². The van der Waals surface area contributed by atoms with Gasteiger partial charge in [-0.1, -0.05) is 26.7 Å². The summed E-state index contributed by atoms with van der Waals surface area (Å²) in [6, 6.07) is 0. The van der Waals surface area contributed by atoms with Crippen LogP contribution in [0.2, 0.25) is 0 Å². The number of allylic oxidation sites excluding steroid dienone is 1. The molecule has 0 rings (SSSR count). The fraction of sp³-hybridized carbons (Fsp3) is 0.875. The zero-order valence-electron chi connectivity index (χ0n) is 13.4. The van der Waals surface area contributed by atoms with Gasteiger partial charge in [0.25, 0.3) is 0 Å². The van der Waals surface area contributed by atoms with E-state index in [1.165, 1.54) is 0 Å². The Hall–Kier alpha value is -0.580. The van der Waals surface area contributed by atoms with Gasteiger partial charge in [0, 0.05) is 20.3 Å². The first-order valence-electron chi connectivity index (χ1n) is 7.83. The molecule has 4 heteroatoms. The van der Waals surface area contributed by atoms with Crippen LogP contribution in [-0.2, 0) is 18.9 Å². The van der Waals surface area contributed by atoms with E-state index in [4.69, 9.17) is 18.9 Å². The highest BCUT2D eigenvalue weighted by Gasteiger charge is 2.08. The van der Waals surface area contributed by atoms with E-state index in [1.54, 1.807) is 13.4 Å². The summed E-state index contributed by atoms with van der Waals surface area (Å²) in [6.45, 7) is 6.22. The molecule has 0 aromatic rings. The number of hydrogen-bond donors (Lipinski definition) is 0. The lowest BCUT2D eigenvalue weighted by Crippen LogP contribution is -2.18. The van der Waals surface area contributed by atoms with E-state index in [2.05, 4.69) is 13.8 Å². The van der Waals surface area contributed by atoms with Crippen molar-refractivity contribution in [1.82, 2.24) is 0 Å². The second-order valence-corrected chi connectivity index (χ2v) is 4.75. The third-order valence-corrected chi connectivity index (χ3v) is 2.79. The van der Waals surface area contributed by atoms with Crippen molar-refractivity contribution in [2.24, 2.45) is 0 Å². The van der Waals surface area contributed by atoms with Crippen LogP contribution in [0.5, 0.6) is 0 Å². The van der Waals surface area contributed by atoms with Crippen molar-refractivity contribution < 1.29 is 18.9 Å². The number of methoxy groups -OCH3 is 1. The first-order valence-corrected chi connectivity index (χ1v) is 7.83. The Bertz CT molecular complexity index is 197. The molecule has 0 radical (unpaired) electrons. The molecule has 0 aliphatic carbocycles. The maximum Gasteiger partial charge on any atom is 0.187 e. The summed E-state index contributed by atoms with van der Waals surface area (Å²) in [4.78, 5) is 0. The lowest BCUT2D eigenvalue weighted by Gasteiger charge is -2.18. The molecule has 0 aliphatic heterocycles. The minimum Gasteiger partial charge on any atom is -0.476 e. The molecule has 0 saturated carbocycles. The summed E-state index contributed by atoms with van der Waals surface area (Å²) in [5.41, 5.74) is 0. The summed E-state index contributed by atoms with van der Waals surface area (Å²) in [5.74, 6) is 0. The molecule has 20 heavy (non-hydrogen) atoms. The molecular formula is C16H32O4. The number of rotatable bonds is 15. The largest absolute Gasteiger partial charge is 0.476 e. The van der Waals surface area contributed by atoms with Crippen LogP contribution in [0.25, 0.3) is 0 Å². The number of hydrogen-bond acceptors (Lipinski definition) is 4. The molecular weight excluding hydrogens is 256 g/mol. The highest BCUT2D eigenvalue weighted by Crippen LogP contribution is 2.09. The van der Waals surface area contributed by atoms with Crippen LogP contribution in [0.1, 0.15) is 58.8 Å². The molecule has 0 amide bonds. The molecule has 0 fully saturated rings. The predicted octanol–water partition coefficient (Wildman–Crippen LogP) is 4.25. The summed E-state index contributed by atoms with van der Waals surface area (Å²) < 4.78 is 21.4. The van der Waals surface area contributed by atoms with Crippen LogP contribution in [0, 0.1) is 0 Å². The van der Waals surface area contributed by atoms with Crippen LogP contribution >= 0.6 is 0 Å². The van der Waals surface area contributed by atoms with Gasteiger partial charge in [-0.15, -0.1) is 0 Å². The van der Waals surface area contributed by atoms with Crippen molar-refractivity contribution in [3.63, 3.8) is 0 Å². The van der Waals surface area contributed by atoms with Crippen LogP contribution in [-0.4, -0.2) is 33.4 Å². The molecule has 4 nitrogen and oxygen atoms in total. The Kier molecular flexibility index (Phi) is 16.0. The molecule has 0 aromatic heterocycles. The SMILES string of the molecule is CCCCOC(CCCC=COCOC)OCCCC. The zero-order chi connectivity index (χ0) is 14.9. The third kappa shape index (κ3) is 13.8. The van der Waals surface area contributed by atoms with Gasteiger partial charge in [-0.3, -0.25) is 0 Å². The van der Waals surface area contributed by atoms with Gasteiger partial charge in [-0.05, 0) is 38.2 Å². The molecule has 0 aromatic carbocycles. The van der Waals surface area contributed by atoms with Gasteiger partial charge in [0.15, 0.2) is 13.1 Å². The molecule has 0 bridgehead atoms. The quantitative estimate of drug-likeness (QED) is 0.256. The maximum absolute atomic E-state index is 5.78. The third-order valence-electron chi connectivity index (χ3n) is 2.79. The summed E-state index contributed by atoms with van der Waals surface area (Å²) in [5, 5.41) is 0. The second kappa shape index (κ2) is 16.5. The van der Waals surface area contributed by atoms with E-state index in [0.29, 0.717) is 6.79 Å². The van der Waals surface area contributed by atoms with Crippen LogP contribution in [0.3, 0.4) is 0 Å². The molecule has 0 heterocycles. The van der Waals surface area contributed by atoms with E-state index < -0.39 is 0 Å². The van der Waals surface area contributed by atoms with E-state index in [-0.39, 0.29) is 6.29 Å². The average Bonchev–Trinajstić information content (AvgIpc) is 2.46. The summed E-state index contributed by atoms with van der Waals surface area (Å²) >= 11 is 0. The van der Waals surface area contributed by atoms with Crippen molar-refractivity contribution in [3.8, 4) is 0 Å². The fourth-order valence-electron chi connectivity index (χ4n) is 1.58. The van der Waals surface area contributed by atoms with Crippen molar-refractivity contribution >= 4 is 0 Å². The Morgan fingerprint density at radius 1 is 0.950 bits per heavy atom. The van der Waals surface area contributed by atoms with Crippen LogP contribution < -0.4 is 0 Å². The molecule has 0 spiro atoms. The minimum absolute atomic E-state index is 0.0543. The molecule has 0 N–H and O–H groups in total. The van der Waals surface area contributed by atoms with E-state index in [9.17, 15) is 0 Å². The standard InChI is InChI=1S/C16H32O4/c1-4-6-13-19-16(20-14-7-5-2)11-9-8-10-12-18-15-17-3/h10,12,16H,4-9,11,13-15H2,1-3H3. The normalized spacial score (nSPS) is 11.6. The Balaban J connectivity index is 3.68. The van der Waals surface area contributed by atoms with Gasteiger partial charge in [-0.25, -0.2) is 0 Å². The molecule has 0 unspecified atom stereocenters. The Morgan fingerprint density at radius 2 is 1.60 bits per heavy atom. The highest BCUT2D eigenvalue weighted by molar-refractivity contribution is 4.73. The van der Waals surface area contributed by atoms with Crippen molar-refractivity contribution in [3.05, 3.63) is 12.3 Å². The van der Waals surface area contributed by atoms with Gasteiger partial charge in [0.05, 0.1) is 6.26 Å². The minimum atomic E-state index is -0.0543. The van der Waals surface area contributed by atoms with Crippen LogP contribution in [0.4, 0.5) is 0 Å². The Labute approximate surface area is 124 Å². The maximum atomic E-state index is 5.78. The zero-order valence-corrected chi connectivity index (χ0v) is 13.4. The monoisotopic (exact) mass is 288 g/mol. The summed E-state index contributed by atoms with van der Waals surface area (Å²) in [7, 11) is 1.61. The van der Waals surface area contributed by atoms with E-state index in [0.717, 1.165) is 58.2 Å². The number of ether oxygens (including phenoxy) is 4. The van der Waals surface area contributed by atoms with Gasteiger partial charge < -0.3 is 18.9 Å². The molecule has 120 valence electrons. The summed E-state index contributed by atoms with van der Waals surface area (Å²) in [6.07, 6.45) is 11.1. The first kappa shape index (κ1) is 19.4. The highest BCUT2D eigenvalue weighted by atomic mass is 16.7. The van der Waals surface area contributed by atoms with Crippen molar-refractivity contribution in [2.45, 2.75) is 65.1 Å². The topological polar surface area (TPSA) is 36.9 Å². The van der Waals surface area contributed by atoms with Gasteiger partial charge >= 0.3 is 0 Å². The second-order valence-electron chi connectivity index (χ2n) is 4.75. The van der Waals surface area contributed by atoms with E-state index >= 15 is 0 Å². The predicted molar refractivity (Wildman–Crippen MR) is 81.5 cm³/mol. The van der Waals surface area contributed by atoms with Crippen molar-refractivity contribution in [1.29, 1.82) is 0 Å². The lowest BCUT2D eigenvalue weighted by molar-refractivity contribution is -0.147. The van der Waals surface area contributed by atoms with Gasteiger partial charge in [0.1, 0.15) is 0 Å². The average molecular weight is 288 g/mol.